The van der Waals surface area contributed by atoms with Crippen molar-refractivity contribution in [1.82, 2.24) is 20.4 Å². The third kappa shape index (κ3) is 10.1. The number of nitrogens with one attached hydrogen (secondary N) is 2. The maximum absolute atomic E-state index is 14.1. The molecular formula is C38H53FN4O8S2. The van der Waals surface area contributed by atoms with Crippen molar-refractivity contribution in [3.8, 4) is 0 Å². The molecule has 0 spiro atoms. The highest BCUT2D eigenvalue weighted by Gasteiger charge is 2.45. The summed E-state index contributed by atoms with van der Waals surface area (Å²) in [5.74, 6) is -2.36. The van der Waals surface area contributed by atoms with Crippen LogP contribution in [0.3, 0.4) is 0 Å². The number of thioether (sulfide) groups is 2. The number of carbonyl (C=O) groups excluding carboxylic acids is 6. The van der Waals surface area contributed by atoms with Crippen molar-refractivity contribution in [3.63, 3.8) is 0 Å². The largest absolute Gasteiger partial charge is 0.467 e. The molecule has 53 heavy (non-hydrogen) atoms. The molecule has 12 nitrogen and oxygen atoms in total. The fourth-order valence-corrected chi connectivity index (χ4v) is 10.8. The van der Waals surface area contributed by atoms with Crippen molar-refractivity contribution < 1.29 is 42.6 Å². The number of amides is 4. The maximum atomic E-state index is 14.1. The molecule has 0 bridgehead atoms. The molecule has 0 aromatic heterocycles. The van der Waals surface area contributed by atoms with Crippen LogP contribution in [0.15, 0.2) is 24.3 Å². The average molecular weight is 777 g/mol. The summed E-state index contributed by atoms with van der Waals surface area (Å²) in [5, 5.41) is 5.69. The van der Waals surface area contributed by atoms with Gasteiger partial charge in [0.15, 0.2) is 0 Å². The number of rotatable bonds is 13. The Hall–Kier alpha value is -3.33. The number of hydrogen-bond donors (Lipinski definition) is 2. The van der Waals surface area contributed by atoms with E-state index in [0.717, 1.165) is 31.2 Å². The van der Waals surface area contributed by atoms with Gasteiger partial charge in [0.05, 0.1) is 25.0 Å². The van der Waals surface area contributed by atoms with Gasteiger partial charge in [0.25, 0.3) is 0 Å². The van der Waals surface area contributed by atoms with Crippen LogP contribution in [0.4, 0.5) is 4.39 Å². The third-order valence-electron chi connectivity index (χ3n) is 10.9. The molecule has 5 rings (SSSR count). The molecule has 4 aliphatic rings. The number of benzene rings is 1. The Balaban J connectivity index is 1.29. The molecule has 15 heteroatoms. The number of methoxy groups -OCH3 is 2. The lowest BCUT2D eigenvalue weighted by molar-refractivity contribution is -0.156. The number of carbonyl (C=O) groups is 6. The van der Waals surface area contributed by atoms with E-state index < -0.39 is 53.8 Å². The van der Waals surface area contributed by atoms with Crippen LogP contribution in [0.2, 0.25) is 0 Å². The van der Waals surface area contributed by atoms with E-state index in [-0.39, 0.29) is 40.8 Å². The van der Waals surface area contributed by atoms with Gasteiger partial charge in [-0.3, -0.25) is 19.2 Å². The maximum Gasteiger partial charge on any atom is 0.328 e. The zero-order valence-electron chi connectivity index (χ0n) is 30.9. The minimum atomic E-state index is -0.831. The summed E-state index contributed by atoms with van der Waals surface area (Å²) < 4.78 is 23.9. The molecular weight excluding hydrogens is 724 g/mol. The van der Waals surface area contributed by atoms with Gasteiger partial charge in [0.1, 0.15) is 30.0 Å². The predicted molar refractivity (Wildman–Crippen MR) is 200 cm³/mol. The van der Waals surface area contributed by atoms with E-state index in [0.29, 0.717) is 62.9 Å². The summed E-state index contributed by atoms with van der Waals surface area (Å²) in [7, 11) is 2.63. The third-order valence-corrected chi connectivity index (χ3v) is 13.5. The molecule has 0 aliphatic carbocycles. The highest BCUT2D eigenvalue weighted by Crippen LogP contribution is 2.36. The van der Waals surface area contributed by atoms with Gasteiger partial charge in [-0.2, -0.15) is 0 Å². The summed E-state index contributed by atoms with van der Waals surface area (Å²) in [6.45, 7) is 1.97. The van der Waals surface area contributed by atoms with Crippen molar-refractivity contribution in [2.24, 2.45) is 11.8 Å². The lowest BCUT2D eigenvalue weighted by atomic mass is 9.87. The van der Waals surface area contributed by atoms with Crippen LogP contribution in [0, 0.1) is 17.7 Å². The van der Waals surface area contributed by atoms with Crippen LogP contribution < -0.4 is 10.6 Å². The zero-order valence-corrected chi connectivity index (χ0v) is 32.5. The molecule has 4 fully saturated rings. The standard InChI is InChI=1S/C38H53FN4O8S2/c1-4-7-24(33(44)40-27-18-20-52-31-10-5-8-29(37(48)50-2)42(31)35(27)46)14-15-25(22-23-12-16-26(39)17-13-23)34(45)41-28-19-21-53-32-11-6-9-30(38(49)51-3)43(32)36(28)47/h12-13,16-17,24-25,27-32H,4-11,14-15,18-22H2,1-3H3,(H,40,44)(H,41,45). The Kier molecular flexibility index (Phi) is 14.9. The molecule has 8 atom stereocenters. The van der Waals surface area contributed by atoms with Crippen LogP contribution >= 0.6 is 23.5 Å². The number of esters is 2. The van der Waals surface area contributed by atoms with E-state index in [1.807, 2.05) is 6.92 Å². The number of nitrogens with zero attached hydrogens (tertiary/aromatic N) is 2. The highest BCUT2D eigenvalue weighted by atomic mass is 32.2. The minimum Gasteiger partial charge on any atom is -0.467 e. The summed E-state index contributed by atoms with van der Waals surface area (Å²) in [5.41, 5.74) is 0.741. The molecule has 0 saturated carbocycles. The second kappa shape index (κ2) is 19.3. The zero-order chi connectivity index (χ0) is 38.1. The van der Waals surface area contributed by atoms with E-state index in [4.69, 9.17) is 9.47 Å². The van der Waals surface area contributed by atoms with Crippen molar-refractivity contribution >= 4 is 59.1 Å². The number of ether oxygens (including phenoxy) is 2. The summed E-state index contributed by atoms with van der Waals surface area (Å²) >= 11 is 3.23. The fourth-order valence-electron chi connectivity index (χ4n) is 8.07. The Labute approximate surface area is 319 Å². The van der Waals surface area contributed by atoms with Crippen LogP contribution in [0.5, 0.6) is 0 Å². The van der Waals surface area contributed by atoms with Gasteiger partial charge in [0.2, 0.25) is 23.6 Å². The van der Waals surface area contributed by atoms with Crippen molar-refractivity contribution in [1.29, 1.82) is 0 Å². The summed E-state index contributed by atoms with van der Waals surface area (Å²) in [4.78, 5) is 84.3. The lowest BCUT2D eigenvalue weighted by Gasteiger charge is -2.40. The van der Waals surface area contributed by atoms with E-state index in [2.05, 4.69) is 10.6 Å². The quantitative estimate of drug-likeness (QED) is 0.279. The van der Waals surface area contributed by atoms with Crippen LogP contribution in [0.1, 0.15) is 89.5 Å². The first-order valence-electron chi connectivity index (χ1n) is 18.9. The smallest absolute Gasteiger partial charge is 0.328 e. The molecule has 4 aliphatic heterocycles. The molecule has 2 N–H and O–H groups in total. The fraction of sp³-hybridized carbons (Fsp3) is 0.684. The van der Waals surface area contributed by atoms with Gasteiger partial charge in [-0.1, -0.05) is 25.5 Å². The second-order valence-electron chi connectivity index (χ2n) is 14.4. The van der Waals surface area contributed by atoms with Gasteiger partial charge < -0.3 is 29.9 Å². The summed E-state index contributed by atoms with van der Waals surface area (Å²) in [6.07, 6.45) is 7.15. The average Bonchev–Trinajstić information content (AvgIpc) is 3.42. The molecule has 1 aromatic rings. The first-order chi connectivity index (χ1) is 25.6. The molecule has 8 unspecified atom stereocenters. The van der Waals surface area contributed by atoms with Gasteiger partial charge >= 0.3 is 11.9 Å². The number of fused-ring (bicyclic) bond motifs is 2. The molecule has 292 valence electrons. The Morgan fingerprint density at radius 3 is 1.68 bits per heavy atom. The van der Waals surface area contributed by atoms with E-state index in [1.54, 1.807) is 45.5 Å². The van der Waals surface area contributed by atoms with Crippen LogP contribution in [-0.2, 0) is 44.7 Å². The van der Waals surface area contributed by atoms with Crippen molar-refractivity contribution in [3.05, 3.63) is 35.6 Å². The first kappa shape index (κ1) is 40.8. The lowest BCUT2D eigenvalue weighted by Crippen LogP contribution is -2.58. The first-order valence-corrected chi connectivity index (χ1v) is 21.0. The van der Waals surface area contributed by atoms with Crippen LogP contribution in [-0.4, -0.2) is 106 Å². The number of hydrogen-bond acceptors (Lipinski definition) is 10. The normalized spacial score (nSPS) is 27.2. The minimum absolute atomic E-state index is 0.148. The highest BCUT2D eigenvalue weighted by molar-refractivity contribution is 8.00. The van der Waals surface area contributed by atoms with Crippen molar-refractivity contribution in [2.45, 2.75) is 125 Å². The van der Waals surface area contributed by atoms with Gasteiger partial charge in [0, 0.05) is 11.8 Å². The summed E-state index contributed by atoms with van der Waals surface area (Å²) in [6, 6.07) is 2.94. The molecule has 4 heterocycles. The van der Waals surface area contributed by atoms with Gasteiger partial charge in [-0.05, 0) is 106 Å². The molecule has 4 saturated heterocycles. The van der Waals surface area contributed by atoms with E-state index in [9.17, 15) is 33.2 Å². The number of piperidine rings is 2. The topological polar surface area (TPSA) is 151 Å². The Morgan fingerprint density at radius 2 is 1.21 bits per heavy atom. The van der Waals surface area contributed by atoms with Gasteiger partial charge in [-0.15, -0.1) is 23.5 Å². The van der Waals surface area contributed by atoms with E-state index >= 15 is 0 Å². The Morgan fingerprint density at radius 1 is 0.736 bits per heavy atom. The van der Waals surface area contributed by atoms with Gasteiger partial charge in [-0.25, -0.2) is 14.0 Å². The predicted octanol–water partition coefficient (Wildman–Crippen LogP) is 4.18. The van der Waals surface area contributed by atoms with Crippen molar-refractivity contribution in [2.75, 3.05) is 25.7 Å². The Bertz CT molecular complexity index is 1480. The molecule has 4 amide bonds. The molecule has 1 aromatic carbocycles. The monoisotopic (exact) mass is 776 g/mol. The second-order valence-corrected chi connectivity index (χ2v) is 16.9. The number of halogens is 1. The SMILES string of the molecule is CCCC(CCC(Cc1ccc(F)cc1)C(=O)NC1CCSC2CCCC(C(=O)OC)N2C1=O)C(=O)NC1CCSC2CCCC(C(=O)OC)N2C1=O. The van der Waals surface area contributed by atoms with E-state index in [1.165, 1.54) is 26.4 Å². The molecule has 0 radical (unpaired) electrons. The van der Waals surface area contributed by atoms with Crippen LogP contribution in [0.25, 0.3) is 0 Å².